The lowest BCUT2D eigenvalue weighted by Crippen LogP contribution is -2.17. The molecule has 0 bridgehead atoms. The summed E-state index contributed by atoms with van der Waals surface area (Å²) in [5.41, 5.74) is 3.19. The normalized spacial score (nSPS) is 10.4. The second-order valence-corrected chi connectivity index (χ2v) is 7.82. The maximum atomic E-state index is 6.24. The van der Waals surface area contributed by atoms with Crippen LogP contribution in [0.2, 0.25) is 10.0 Å². The molecule has 0 aliphatic rings. The van der Waals surface area contributed by atoms with E-state index in [-0.39, 0.29) is 12.4 Å². The van der Waals surface area contributed by atoms with Crippen LogP contribution in [0.1, 0.15) is 23.6 Å². The van der Waals surface area contributed by atoms with Crippen LogP contribution >= 0.6 is 35.6 Å². The first kappa shape index (κ1) is 26.1. The summed E-state index contributed by atoms with van der Waals surface area (Å²) in [6.07, 6.45) is 0.894. The minimum Gasteiger partial charge on any atom is -0.496 e. The first-order chi connectivity index (χ1) is 15.1. The first-order valence-electron chi connectivity index (χ1n) is 10.3. The molecule has 0 aliphatic carbocycles. The van der Waals surface area contributed by atoms with Crippen LogP contribution in [0.15, 0.2) is 60.7 Å². The van der Waals surface area contributed by atoms with E-state index in [0.29, 0.717) is 29.0 Å². The van der Waals surface area contributed by atoms with E-state index >= 15 is 0 Å². The van der Waals surface area contributed by atoms with E-state index in [1.165, 1.54) is 5.56 Å². The summed E-state index contributed by atoms with van der Waals surface area (Å²) >= 11 is 12.2. The largest absolute Gasteiger partial charge is 0.496 e. The number of hydrogen-bond acceptors (Lipinski definition) is 4. The van der Waals surface area contributed by atoms with Crippen LogP contribution < -0.4 is 19.5 Å². The number of benzene rings is 3. The smallest absolute Gasteiger partial charge is 0.161 e. The number of nitrogens with one attached hydrogen (secondary N) is 1. The summed E-state index contributed by atoms with van der Waals surface area (Å²) in [6.45, 7) is 4.43. The van der Waals surface area contributed by atoms with Crippen molar-refractivity contribution >= 4 is 35.6 Å². The Balaban J connectivity index is 0.00000363. The van der Waals surface area contributed by atoms with Crippen LogP contribution in [-0.2, 0) is 19.6 Å². The first-order valence-corrected chi connectivity index (χ1v) is 11.0. The Morgan fingerprint density at radius 2 is 1.66 bits per heavy atom. The average Bonchev–Trinajstić information content (AvgIpc) is 2.77. The molecule has 0 radical (unpaired) electrons. The fraction of sp³-hybridized carbons (Fsp3) is 0.280. The number of para-hydroxylation sites is 1. The van der Waals surface area contributed by atoms with Gasteiger partial charge in [0.1, 0.15) is 12.4 Å². The van der Waals surface area contributed by atoms with Gasteiger partial charge in [-0.2, -0.15) is 0 Å². The van der Waals surface area contributed by atoms with Gasteiger partial charge in [-0.25, -0.2) is 0 Å². The molecule has 4 nitrogen and oxygen atoms in total. The number of rotatable bonds is 11. The van der Waals surface area contributed by atoms with Gasteiger partial charge in [0.25, 0.3) is 0 Å². The van der Waals surface area contributed by atoms with Gasteiger partial charge >= 0.3 is 0 Å². The molecular formula is C25H28Cl3NO3. The average molecular weight is 497 g/mol. The van der Waals surface area contributed by atoms with E-state index in [1.54, 1.807) is 19.2 Å². The fourth-order valence-corrected chi connectivity index (χ4v) is 3.67. The van der Waals surface area contributed by atoms with Gasteiger partial charge in [-0.1, -0.05) is 53.5 Å². The fourth-order valence-electron chi connectivity index (χ4n) is 3.21. The number of hydrogen-bond donors (Lipinski definition) is 1. The van der Waals surface area contributed by atoms with Gasteiger partial charge in [0, 0.05) is 22.2 Å². The maximum absolute atomic E-state index is 6.24. The van der Waals surface area contributed by atoms with Crippen LogP contribution in [0.25, 0.3) is 0 Å². The van der Waals surface area contributed by atoms with E-state index in [9.17, 15) is 0 Å². The summed E-state index contributed by atoms with van der Waals surface area (Å²) < 4.78 is 17.2. The second-order valence-electron chi connectivity index (χ2n) is 6.98. The SMILES string of the molecule is CCOc1cc(CNCCc2ccccc2OC)ccc1OCc1ccc(Cl)cc1Cl.Cl. The van der Waals surface area contributed by atoms with Gasteiger partial charge in [0.15, 0.2) is 11.5 Å². The van der Waals surface area contributed by atoms with Gasteiger partial charge in [-0.15, -0.1) is 12.4 Å². The molecule has 3 aromatic rings. The van der Waals surface area contributed by atoms with Crippen molar-refractivity contribution in [1.29, 1.82) is 0 Å². The van der Waals surface area contributed by atoms with Crippen molar-refractivity contribution < 1.29 is 14.2 Å². The van der Waals surface area contributed by atoms with Gasteiger partial charge in [-0.05, 0) is 61.3 Å². The van der Waals surface area contributed by atoms with E-state index in [1.807, 2.05) is 49.4 Å². The maximum Gasteiger partial charge on any atom is 0.161 e. The van der Waals surface area contributed by atoms with Crippen LogP contribution in [0.3, 0.4) is 0 Å². The Morgan fingerprint density at radius 3 is 2.41 bits per heavy atom. The molecule has 0 amide bonds. The third-order valence-corrected chi connectivity index (χ3v) is 5.39. The molecule has 0 unspecified atom stereocenters. The van der Waals surface area contributed by atoms with E-state index in [2.05, 4.69) is 11.4 Å². The number of halogens is 3. The zero-order chi connectivity index (χ0) is 22.1. The highest BCUT2D eigenvalue weighted by molar-refractivity contribution is 6.35. The molecule has 0 atom stereocenters. The molecule has 7 heteroatoms. The monoisotopic (exact) mass is 495 g/mol. The third kappa shape index (κ3) is 7.49. The third-order valence-electron chi connectivity index (χ3n) is 4.80. The molecular weight excluding hydrogens is 469 g/mol. The van der Waals surface area contributed by atoms with Crippen LogP contribution in [-0.4, -0.2) is 20.3 Å². The van der Waals surface area contributed by atoms with Crippen molar-refractivity contribution in [3.8, 4) is 17.2 Å². The van der Waals surface area contributed by atoms with Gasteiger partial charge < -0.3 is 19.5 Å². The predicted octanol–water partition coefficient (Wildman–Crippen LogP) is 6.73. The topological polar surface area (TPSA) is 39.7 Å². The lowest BCUT2D eigenvalue weighted by atomic mass is 10.1. The molecule has 3 aromatic carbocycles. The van der Waals surface area contributed by atoms with Gasteiger partial charge in [0.2, 0.25) is 0 Å². The zero-order valence-electron chi connectivity index (χ0n) is 18.2. The van der Waals surface area contributed by atoms with Crippen LogP contribution in [0.5, 0.6) is 17.2 Å². The van der Waals surface area contributed by atoms with Crippen molar-refractivity contribution in [3.05, 3.63) is 87.4 Å². The van der Waals surface area contributed by atoms with Crippen molar-refractivity contribution in [1.82, 2.24) is 5.32 Å². The summed E-state index contributed by atoms with van der Waals surface area (Å²) in [6, 6.07) is 19.5. The highest BCUT2D eigenvalue weighted by Crippen LogP contribution is 2.30. The van der Waals surface area contributed by atoms with Crippen molar-refractivity contribution in [2.45, 2.75) is 26.5 Å². The highest BCUT2D eigenvalue weighted by atomic mass is 35.5. The van der Waals surface area contributed by atoms with E-state index in [0.717, 1.165) is 42.1 Å². The summed E-state index contributed by atoms with van der Waals surface area (Å²) in [5, 5.41) is 4.67. The minimum absolute atomic E-state index is 0. The molecule has 0 aliphatic heterocycles. The number of methoxy groups -OCH3 is 1. The van der Waals surface area contributed by atoms with Gasteiger partial charge in [-0.3, -0.25) is 0 Å². The van der Waals surface area contributed by atoms with Crippen molar-refractivity contribution in [3.63, 3.8) is 0 Å². The molecule has 0 fully saturated rings. The zero-order valence-corrected chi connectivity index (χ0v) is 20.5. The lowest BCUT2D eigenvalue weighted by Gasteiger charge is -2.15. The quantitative estimate of drug-likeness (QED) is 0.299. The molecule has 0 saturated carbocycles. The summed E-state index contributed by atoms with van der Waals surface area (Å²) in [4.78, 5) is 0. The van der Waals surface area contributed by atoms with Crippen molar-refractivity contribution in [2.75, 3.05) is 20.3 Å². The number of ether oxygens (including phenoxy) is 3. The van der Waals surface area contributed by atoms with E-state index in [4.69, 9.17) is 37.4 Å². The summed E-state index contributed by atoms with van der Waals surface area (Å²) in [5.74, 6) is 2.33. The van der Waals surface area contributed by atoms with Crippen molar-refractivity contribution in [2.24, 2.45) is 0 Å². The molecule has 1 N–H and O–H groups in total. The molecule has 172 valence electrons. The molecule has 3 rings (SSSR count). The van der Waals surface area contributed by atoms with Crippen LogP contribution in [0.4, 0.5) is 0 Å². The molecule has 0 spiro atoms. The Morgan fingerprint density at radius 1 is 0.844 bits per heavy atom. The molecule has 32 heavy (non-hydrogen) atoms. The van der Waals surface area contributed by atoms with E-state index < -0.39 is 0 Å². The molecule has 0 saturated heterocycles. The Hall–Kier alpha value is -2.11. The minimum atomic E-state index is 0. The Bertz CT molecular complexity index is 998. The Labute approximate surface area is 206 Å². The lowest BCUT2D eigenvalue weighted by molar-refractivity contribution is 0.269. The molecule has 0 aromatic heterocycles. The predicted molar refractivity (Wildman–Crippen MR) is 134 cm³/mol. The Kier molecular flexibility index (Phi) is 11.0. The highest BCUT2D eigenvalue weighted by Gasteiger charge is 2.09. The summed E-state index contributed by atoms with van der Waals surface area (Å²) in [7, 11) is 1.70. The van der Waals surface area contributed by atoms with Gasteiger partial charge in [0.05, 0.1) is 13.7 Å². The second kappa shape index (κ2) is 13.4. The molecule has 0 heterocycles. The standard InChI is InChI=1S/C25H27Cl2NO3.ClH/c1-3-30-25-14-18(16-28-13-12-19-6-4-5-7-23(19)29-2)8-11-24(25)31-17-20-9-10-21(26)15-22(20)27;/h4-11,14-15,28H,3,12-13,16-17H2,1-2H3;1H. The van der Waals surface area contributed by atoms with Crippen LogP contribution in [0, 0.1) is 0 Å².